The first kappa shape index (κ1) is 13.2. The average molecular weight is 270 g/mol. The normalized spacial score (nSPS) is 16.2. The number of ether oxygens (including phenoxy) is 1. The van der Waals surface area contributed by atoms with Crippen LogP contribution in [0.3, 0.4) is 0 Å². The maximum Gasteiger partial charge on any atom is 0.225 e. The average Bonchev–Trinajstić information content (AvgIpc) is 3.09. The molecule has 1 aliphatic rings. The van der Waals surface area contributed by atoms with Gasteiger partial charge in [0.1, 0.15) is 5.75 Å². The lowest BCUT2D eigenvalue weighted by atomic mass is 10.1. The number of hydrogen-bond acceptors (Lipinski definition) is 3. The molecule has 0 bridgehead atoms. The van der Waals surface area contributed by atoms with Gasteiger partial charge in [0.15, 0.2) is 0 Å². The Morgan fingerprint density at radius 3 is 2.83 bits per heavy atom. The van der Waals surface area contributed by atoms with Crippen LogP contribution < -0.4 is 10.1 Å². The van der Waals surface area contributed by atoms with Gasteiger partial charge in [0.05, 0.1) is 25.7 Å². The SMILES string of the molecule is COc1ccc(Cl)cc1CC(=O)NC1(CO)CC1. The maximum atomic E-state index is 11.9. The summed E-state index contributed by atoms with van der Waals surface area (Å²) in [7, 11) is 1.56. The second-order valence-electron chi connectivity index (χ2n) is 4.62. The molecule has 2 rings (SSSR count). The molecule has 1 aliphatic carbocycles. The molecular weight excluding hydrogens is 254 g/mol. The van der Waals surface area contributed by atoms with Crippen LogP contribution in [-0.4, -0.2) is 30.3 Å². The summed E-state index contributed by atoms with van der Waals surface area (Å²) in [4.78, 5) is 11.9. The van der Waals surface area contributed by atoms with E-state index in [2.05, 4.69) is 5.32 Å². The number of carbonyl (C=O) groups excluding carboxylic acids is 1. The summed E-state index contributed by atoms with van der Waals surface area (Å²) < 4.78 is 5.19. The van der Waals surface area contributed by atoms with Gasteiger partial charge in [-0.25, -0.2) is 0 Å². The molecule has 1 aromatic rings. The lowest BCUT2D eigenvalue weighted by molar-refractivity contribution is -0.121. The van der Waals surface area contributed by atoms with Crippen LogP contribution in [0.15, 0.2) is 18.2 Å². The number of methoxy groups -OCH3 is 1. The van der Waals surface area contributed by atoms with Gasteiger partial charge < -0.3 is 15.2 Å². The first-order valence-corrected chi connectivity index (χ1v) is 6.21. The van der Waals surface area contributed by atoms with E-state index in [1.54, 1.807) is 25.3 Å². The molecule has 98 valence electrons. The van der Waals surface area contributed by atoms with Crippen LogP contribution in [0.5, 0.6) is 5.75 Å². The fourth-order valence-corrected chi connectivity index (χ4v) is 2.07. The number of amides is 1. The lowest BCUT2D eigenvalue weighted by Gasteiger charge is -2.15. The molecule has 4 nitrogen and oxygen atoms in total. The zero-order valence-electron chi connectivity index (χ0n) is 10.2. The number of aliphatic hydroxyl groups excluding tert-OH is 1. The van der Waals surface area contributed by atoms with Crippen molar-refractivity contribution in [1.82, 2.24) is 5.32 Å². The van der Waals surface area contributed by atoms with E-state index >= 15 is 0 Å². The summed E-state index contributed by atoms with van der Waals surface area (Å²) in [5.41, 5.74) is 0.360. The van der Waals surface area contributed by atoms with Crippen LogP contribution in [0.1, 0.15) is 18.4 Å². The van der Waals surface area contributed by atoms with Gasteiger partial charge in [-0.3, -0.25) is 4.79 Å². The Morgan fingerprint density at radius 1 is 1.56 bits per heavy atom. The third-order valence-electron chi connectivity index (χ3n) is 3.15. The number of carbonyl (C=O) groups is 1. The molecule has 0 heterocycles. The second kappa shape index (κ2) is 5.16. The maximum absolute atomic E-state index is 11.9. The smallest absolute Gasteiger partial charge is 0.225 e. The van der Waals surface area contributed by atoms with Gasteiger partial charge in [0.25, 0.3) is 0 Å². The van der Waals surface area contributed by atoms with Crippen molar-refractivity contribution in [2.45, 2.75) is 24.8 Å². The van der Waals surface area contributed by atoms with Crippen LogP contribution in [0.2, 0.25) is 5.02 Å². The van der Waals surface area contributed by atoms with E-state index in [1.807, 2.05) is 0 Å². The molecule has 1 amide bonds. The molecule has 0 aliphatic heterocycles. The van der Waals surface area contributed by atoms with E-state index in [0.717, 1.165) is 18.4 Å². The fourth-order valence-electron chi connectivity index (χ4n) is 1.87. The van der Waals surface area contributed by atoms with Crippen molar-refractivity contribution in [3.05, 3.63) is 28.8 Å². The third-order valence-corrected chi connectivity index (χ3v) is 3.39. The van der Waals surface area contributed by atoms with E-state index in [9.17, 15) is 4.79 Å². The van der Waals surface area contributed by atoms with E-state index in [-0.39, 0.29) is 24.5 Å². The van der Waals surface area contributed by atoms with Crippen molar-refractivity contribution in [3.8, 4) is 5.75 Å². The summed E-state index contributed by atoms with van der Waals surface area (Å²) in [5, 5.41) is 12.6. The van der Waals surface area contributed by atoms with Crippen LogP contribution in [0, 0.1) is 0 Å². The molecular formula is C13H16ClNO3. The van der Waals surface area contributed by atoms with E-state index < -0.39 is 0 Å². The van der Waals surface area contributed by atoms with Crippen molar-refractivity contribution < 1.29 is 14.6 Å². The topological polar surface area (TPSA) is 58.6 Å². The molecule has 0 aromatic heterocycles. The van der Waals surface area contributed by atoms with Gasteiger partial charge in [-0.2, -0.15) is 0 Å². The predicted molar refractivity (Wildman–Crippen MR) is 68.9 cm³/mol. The minimum atomic E-state index is -0.386. The van der Waals surface area contributed by atoms with Crippen molar-refractivity contribution in [1.29, 1.82) is 0 Å². The van der Waals surface area contributed by atoms with Gasteiger partial charge in [0.2, 0.25) is 5.91 Å². The zero-order valence-corrected chi connectivity index (χ0v) is 11.0. The Balaban J connectivity index is 2.04. The first-order valence-electron chi connectivity index (χ1n) is 5.83. The quantitative estimate of drug-likeness (QED) is 0.852. The molecule has 2 N–H and O–H groups in total. The summed E-state index contributed by atoms with van der Waals surface area (Å²) in [6.07, 6.45) is 1.87. The second-order valence-corrected chi connectivity index (χ2v) is 5.06. The lowest BCUT2D eigenvalue weighted by Crippen LogP contribution is -2.40. The number of halogens is 1. The van der Waals surface area contributed by atoms with E-state index in [4.69, 9.17) is 21.4 Å². The summed E-state index contributed by atoms with van der Waals surface area (Å²) >= 11 is 5.90. The molecule has 0 radical (unpaired) electrons. The van der Waals surface area contributed by atoms with Crippen LogP contribution in [0.4, 0.5) is 0 Å². The minimum Gasteiger partial charge on any atom is -0.496 e. The van der Waals surface area contributed by atoms with Crippen molar-refractivity contribution in [3.63, 3.8) is 0 Å². The number of benzene rings is 1. The zero-order chi connectivity index (χ0) is 13.2. The van der Waals surface area contributed by atoms with Crippen molar-refractivity contribution in [2.24, 2.45) is 0 Å². The van der Waals surface area contributed by atoms with Crippen LogP contribution >= 0.6 is 11.6 Å². The van der Waals surface area contributed by atoms with Crippen molar-refractivity contribution in [2.75, 3.05) is 13.7 Å². The summed E-state index contributed by atoms with van der Waals surface area (Å²) in [6, 6.07) is 5.18. The van der Waals surface area contributed by atoms with Gasteiger partial charge in [-0.05, 0) is 31.0 Å². The highest BCUT2D eigenvalue weighted by Crippen LogP contribution is 2.34. The number of rotatable bonds is 5. The highest BCUT2D eigenvalue weighted by molar-refractivity contribution is 6.30. The highest BCUT2D eigenvalue weighted by Gasteiger charge is 2.43. The van der Waals surface area contributed by atoms with Crippen LogP contribution in [-0.2, 0) is 11.2 Å². The number of hydrogen-bond donors (Lipinski definition) is 2. The highest BCUT2D eigenvalue weighted by atomic mass is 35.5. The molecule has 0 saturated heterocycles. The first-order chi connectivity index (χ1) is 8.58. The largest absolute Gasteiger partial charge is 0.496 e. The van der Waals surface area contributed by atoms with Gasteiger partial charge in [0, 0.05) is 10.6 Å². The monoisotopic (exact) mass is 269 g/mol. The Kier molecular flexibility index (Phi) is 3.78. The summed E-state index contributed by atoms with van der Waals surface area (Å²) in [6.45, 7) is -0.00851. The fraction of sp³-hybridized carbons (Fsp3) is 0.462. The molecule has 1 aromatic carbocycles. The Morgan fingerprint density at radius 2 is 2.28 bits per heavy atom. The Bertz CT molecular complexity index is 458. The molecule has 1 fully saturated rings. The molecule has 1 saturated carbocycles. The number of nitrogens with one attached hydrogen (secondary N) is 1. The van der Waals surface area contributed by atoms with Gasteiger partial charge in [-0.1, -0.05) is 11.6 Å². The summed E-state index contributed by atoms with van der Waals surface area (Å²) in [5.74, 6) is 0.519. The Hall–Kier alpha value is -1.26. The van der Waals surface area contributed by atoms with E-state index in [0.29, 0.717) is 10.8 Å². The van der Waals surface area contributed by atoms with Crippen molar-refractivity contribution >= 4 is 17.5 Å². The van der Waals surface area contributed by atoms with Gasteiger partial charge in [-0.15, -0.1) is 0 Å². The third kappa shape index (κ3) is 2.94. The molecule has 18 heavy (non-hydrogen) atoms. The standard InChI is InChI=1S/C13H16ClNO3/c1-18-11-3-2-10(14)6-9(11)7-12(17)15-13(8-16)4-5-13/h2-3,6,16H,4-5,7-8H2,1H3,(H,15,17). The van der Waals surface area contributed by atoms with E-state index in [1.165, 1.54) is 0 Å². The molecule has 0 atom stereocenters. The molecule has 0 unspecified atom stereocenters. The number of aliphatic hydroxyl groups is 1. The molecule has 0 spiro atoms. The van der Waals surface area contributed by atoms with Gasteiger partial charge >= 0.3 is 0 Å². The molecule has 5 heteroatoms. The predicted octanol–water partition coefficient (Wildman–Crippen LogP) is 1.53. The minimum absolute atomic E-state index is 0.00851. The van der Waals surface area contributed by atoms with Crippen LogP contribution in [0.25, 0.3) is 0 Å². The Labute approximate surface area is 111 Å².